The van der Waals surface area contributed by atoms with E-state index in [-0.39, 0.29) is 12.4 Å². The molecule has 1 aliphatic rings. The number of nitrogens with zero attached hydrogens (tertiary/aromatic N) is 1. The Morgan fingerprint density at radius 2 is 2.06 bits per heavy atom. The fourth-order valence-corrected chi connectivity index (χ4v) is 2.77. The smallest absolute Gasteiger partial charge is 0.0481 e. The van der Waals surface area contributed by atoms with Crippen molar-refractivity contribution in [3.05, 3.63) is 36.0 Å². The van der Waals surface area contributed by atoms with Crippen LogP contribution in [0.15, 0.2) is 30.5 Å². The predicted octanol–water partition coefficient (Wildman–Crippen LogP) is 3.41. The third kappa shape index (κ3) is 2.20. The van der Waals surface area contributed by atoms with Crippen LogP contribution in [0.4, 0.5) is 0 Å². The lowest BCUT2D eigenvalue weighted by molar-refractivity contribution is 0.414. The van der Waals surface area contributed by atoms with Gasteiger partial charge in [0.05, 0.1) is 0 Å². The van der Waals surface area contributed by atoms with Crippen molar-refractivity contribution < 1.29 is 0 Å². The van der Waals surface area contributed by atoms with Crippen LogP contribution in [0.5, 0.6) is 0 Å². The van der Waals surface area contributed by atoms with Crippen LogP contribution < -0.4 is 5.32 Å². The molecule has 0 bridgehead atoms. The second kappa shape index (κ2) is 5.11. The van der Waals surface area contributed by atoms with Gasteiger partial charge in [-0.25, -0.2) is 0 Å². The molecule has 0 unspecified atom stereocenters. The van der Waals surface area contributed by atoms with E-state index in [1.165, 1.54) is 35.7 Å². The second-order valence-electron chi connectivity index (χ2n) is 4.71. The van der Waals surface area contributed by atoms with Crippen LogP contribution in [0.2, 0.25) is 0 Å². The first kappa shape index (κ1) is 12.5. The summed E-state index contributed by atoms with van der Waals surface area (Å²) < 4.78 is 2.24. The number of halogens is 1. The number of nitrogens with one attached hydrogen (secondary N) is 1. The van der Waals surface area contributed by atoms with Gasteiger partial charge in [0, 0.05) is 30.2 Å². The van der Waals surface area contributed by atoms with E-state index in [1.54, 1.807) is 0 Å². The normalized spacial score (nSPS) is 20.2. The largest absolute Gasteiger partial charge is 0.350 e. The highest BCUT2D eigenvalue weighted by Gasteiger charge is 2.18. The summed E-state index contributed by atoms with van der Waals surface area (Å²) in [4.78, 5) is 0. The van der Waals surface area contributed by atoms with Gasteiger partial charge < -0.3 is 9.88 Å². The minimum atomic E-state index is 0. The summed E-state index contributed by atoms with van der Waals surface area (Å²) in [5.41, 5.74) is 2.81. The van der Waals surface area contributed by atoms with Crippen molar-refractivity contribution >= 4 is 23.3 Å². The van der Waals surface area contributed by atoms with Gasteiger partial charge in [-0.3, -0.25) is 0 Å². The first-order chi connectivity index (χ1) is 7.86. The lowest BCUT2D eigenvalue weighted by atomic mass is 9.97. The summed E-state index contributed by atoms with van der Waals surface area (Å²) in [6, 6.07) is 9.23. The Balaban J connectivity index is 0.00000108. The molecule has 17 heavy (non-hydrogen) atoms. The van der Waals surface area contributed by atoms with Gasteiger partial charge >= 0.3 is 0 Å². The number of rotatable bonds is 1. The zero-order chi connectivity index (χ0) is 11.0. The van der Waals surface area contributed by atoms with Crippen molar-refractivity contribution in [3.8, 4) is 0 Å². The highest BCUT2D eigenvalue weighted by molar-refractivity contribution is 5.85. The molecule has 0 saturated carbocycles. The van der Waals surface area contributed by atoms with E-state index in [1.807, 2.05) is 0 Å². The summed E-state index contributed by atoms with van der Waals surface area (Å²) in [7, 11) is 2.13. The molecule has 0 radical (unpaired) electrons. The van der Waals surface area contributed by atoms with Gasteiger partial charge in [0.1, 0.15) is 0 Å². The number of hydrogen-bond donors (Lipinski definition) is 1. The number of hydrogen-bond acceptors (Lipinski definition) is 1. The molecule has 1 N–H and O–H groups in total. The van der Waals surface area contributed by atoms with Crippen LogP contribution in [0.25, 0.3) is 10.9 Å². The van der Waals surface area contributed by atoms with Crippen molar-refractivity contribution in [1.29, 1.82) is 0 Å². The number of benzene rings is 1. The molecule has 2 aromatic rings. The number of fused-ring (bicyclic) bond motifs is 1. The Morgan fingerprint density at radius 1 is 1.24 bits per heavy atom. The Kier molecular flexibility index (Phi) is 3.75. The summed E-state index contributed by atoms with van der Waals surface area (Å²) in [6.45, 7) is 1.16. The minimum absolute atomic E-state index is 0. The standard InChI is InChI=1S/C14H18N2.ClH/c1-16-10-12(13-7-4-5-9-15-13)11-6-2-3-8-14(11)16;/h2-3,6,8,10,13,15H,4-5,7,9H2,1H3;1H/t13-;/m1./s1. The zero-order valence-electron chi connectivity index (χ0n) is 10.1. The summed E-state index contributed by atoms with van der Waals surface area (Å²) in [5.74, 6) is 0. The SMILES string of the molecule is Cl.Cn1cc([C@H]2CCCCN2)c2ccccc21. The van der Waals surface area contributed by atoms with E-state index >= 15 is 0 Å². The molecule has 0 aliphatic carbocycles. The molecule has 1 aliphatic heterocycles. The summed E-state index contributed by atoms with van der Waals surface area (Å²) in [6.07, 6.45) is 6.23. The van der Waals surface area contributed by atoms with Crippen molar-refractivity contribution in [2.24, 2.45) is 7.05 Å². The van der Waals surface area contributed by atoms with Crippen LogP contribution in [-0.2, 0) is 7.05 Å². The molecule has 2 heterocycles. The molecule has 3 rings (SSSR count). The molecule has 0 amide bonds. The van der Waals surface area contributed by atoms with E-state index < -0.39 is 0 Å². The Hall–Kier alpha value is -0.990. The average molecular weight is 251 g/mol. The summed E-state index contributed by atoms with van der Waals surface area (Å²) >= 11 is 0. The fourth-order valence-electron chi connectivity index (χ4n) is 2.77. The maximum atomic E-state index is 3.63. The van der Waals surface area contributed by atoms with Crippen LogP contribution in [0, 0.1) is 0 Å². The second-order valence-corrected chi connectivity index (χ2v) is 4.71. The third-order valence-electron chi connectivity index (χ3n) is 3.61. The molecule has 1 atom stereocenters. The van der Waals surface area contributed by atoms with Gasteiger partial charge in [0.25, 0.3) is 0 Å². The molecule has 2 nitrogen and oxygen atoms in total. The van der Waals surface area contributed by atoms with Gasteiger partial charge in [-0.1, -0.05) is 24.6 Å². The van der Waals surface area contributed by atoms with Crippen LogP contribution in [-0.4, -0.2) is 11.1 Å². The maximum absolute atomic E-state index is 3.63. The van der Waals surface area contributed by atoms with E-state index in [9.17, 15) is 0 Å². The van der Waals surface area contributed by atoms with E-state index in [4.69, 9.17) is 0 Å². The van der Waals surface area contributed by atoms with Crippen LogP contribution in [0.1, 0.15) is 30.9 Å². The van der Waals surface area contributed by atoms with E-state index in [0.29, 0.717) is 6.04 Å². The highest BCUT2D eigenvalue weighted by Crippen LogP contribution is 2.30. The van der Waals surface area contributed by atoms with E-state index in [0.717, 1.165) is 6.54 Å². The minimum Gasteiger partial charge on any atom is -0.350 e. The quantitative estimate of drug-likeness (QED) is 0.821. The highest BCUT2D eigenvalue weighted by atomic mass is 35.5. The zero-order valence-corrected chi connectivity index (χ0v) is 11.0. The topological polar surface area (TPSA) is 17.0 Å². The lowest BCUT2D eigenvalue weighted by Gasteiger charge is -2.23. The molecule has 1 aromatic carbocycles. The van der Waals surface area contributed by atoms with E-state index in [2.05, 4.69) is 47.4 Å². The molecule has 3 heteroatoms. The number of aryl methyl sites for hydroxylation is 1. The Labute approximate surface area is 108 Å². The van der Waals surface area contributed by atoms with Gasteiger partial charge in [-0.15, -0.1) is 12.4 Å². The predicted molar refractivity (Wildman–Crippen MR) is 74.8 cm³/mol. The molecule has 0 spiro atoms. The average Bonchev–Trinajstić information content (AvgIpc) is 2.69. The summed E-state index contributed by atoms with van der Waals surface area (Å²) in [5, 5.41) is 5.03. The third-order valence-corrected chi connectivity index (χ3v) is 3.61. The van der Waals surface area contributed by atoms with Gasteiger partial charge in [0.15, 0.2) is 0 Å². The molecular weight excluding hydrogens is 232 g/mol. The Morgan fingerprint density at radius 3 is 2.82 bits per heavy atom. The first-order valence-electron chi connectivity index (χ1n) is 6.13. The molecule has 1 fully saturated rings. The lowest BCUT2D eigenvalue weighted by Crippen LogP contribution is -2.26. The van der Waals surface area contributed by atoms with Crippen molar-refractivity contribution in [1.82, 2.24) is 9.88 Å². The van der Waals surface area contributed by atoms with Crippen LogP contribution >= 0.6 is 12.4 Å². The molecule has 1 saturated heterocycles. The molecule has 92 valence electrons. The number of aromatic nitrogens is 1. The monoisotopic (exact) mass is 250 g/mol. The first-order valence-corrected chi connectivity index (χ1v) is 6.13. The van der Waals surface area contributed by atoms with Crippen LogP contribution in [0.3, 0.4) is 0 Å². The molecule has 1 aromatic heterocycles. The van der Waals surface area contributed by atoms with Crippen molar-refractivity contribution in [2.75, 3.05) is 6.54 Å². The Bertz CT molecular complexity index is 498. The van der Waals surface area contributed by atoms with Gasteiger partial charge in [0.2, 0.25) is 0 Å². The maximum Gasteiger partial charge on any atom is 0.0481 e. The van der Waals surface area contributed by atoms with Crippen molar-refractivity contribution in [3.63, 3.8) is 0 Å². The van der Waals surface area contributed by atoms with Crippen molar-refractivity contribution in [2.45, 2.75) is 25.3 Å². The number of piperidine rings is 1. The van der Waals surface area contributed by atoms with Gasteiger partial charge in [-0.2, -0.15) is 0 Å². The fraction of sp³-hybridized carbons (Fsp3) is 0.429. The number of para-hydroxylation sites is 1. The van der Waals surface area contributed by atoms with Gasteiger partial charge in [-0.05, 0) is 31.0 Å². The molecular formula is C14H19ClN2.